The standard InChI is InChI=1S/C4H8O2Si/c5-7-4-2-1-3-6-7/h1-4H2. The molecule has 1 rings (SSSR count). The molecule has 0 amide bonds. The molecule has 0 aromatic heterocycles. The number of hydrogen-bond acceptors (Lipinski definition) is 2. The van der Waals surface area contributed by atoms with E-state index in [1.165, 1.54) is 0 Å². The van der Waals surface area contributed by atoms with Gasteiger partial charge in [0.05, 0.1) is 6.61 Å². The highest BCUT2D eigenvalue weighted by Gasteiger charge is 2.10. The quantitative estimate of drug-likeness (QED) is 0.436. The van der Waals surface area contributed by atoms with Gasteiger partial charge in [0.15, 0.2) is 0 Å². The van der Waals surface area contributed by atoms with Crippen LogP contribution in [-0.4, -0.2) is 15.5 Å². The Bertz CT molecular complexity index is 73.8. The molecule has 1 saturated heterocycles. The molecule has 0 bridgehead atoms. The Hall–Kier alpha value is -0.183. The fourth-order valence-electron chi connectivity index (χ4n) is 0.630. The smallest absolute Gasteiger partial charge is 0.502 e. The lowest BCUT2D eigenvalue weighted by Gasteiger charge is -2.07. The molecule has 2 nitrogen and oxygen atoms in total. The van der Waals surface area contributed by atoms with E-state index in [-0.39, 0.29) is 0 Å². The van der Waals surface area contributed by atoms with E-state index in [1.54, 1.807) is 0 Å². The van der Waals surface area contributed by atoms with Crippen LogP contribution in [0.15, 0.2) is 0 Å². The highest BCUT2D eigenvalue weighted by Crippen LogP contribution is 2.04. The van der Waals surface area contributed by atoms with E-state index in [0.29, 0.717) is 0 Å². The molecule has 1 aliphatic heterocycles. The second-order valence-corrected chi connectivity index (χ2v) is 3.21. The van der Waals surface area contributed by atoms with Gasteiger partial charge in [-0.25, -0.2) is 0 Å². The van der Waals surface area contributed by atoms with Gasteiger partial charge in [-0.2, -0.15) is 0 Å². The molecule has 0 saturated carbocycles. The number of rotatable bonds is 0. The summed E-state index contributed by atoms with van der Waals surface area (Å²) in [5.41, 5.74) is 0. The monoisotopic (exact) mass is 116 g/mol. The molecule has 0 spiro atoms. The summed E-state index contributed by atoms with van der Waals surface area (Å²) in [5.74, 6) is 0. The molecular weight excluding hydrogens is 108 g/mol. The predicted molar refractivity (Wildman–Crippen MR) is 26.4 cm³/mol. The Morgan fingerprint density at radius 1 is 1.43 bits per heavy atom. The van der Waals surface area contributed by atoms with Gasteiger partial charge in [-0.1, -0.05) is 0 Å². The summed E-state index contributed by atoms with van der Waals surface area (Å²) in [5, 5.41) is 0. The molecule has 1 aliphatic rings. The highest BCUT2D eigenvalue weighted by molar-refractivity contribution is 6.34. The molecule has 1 fully saturated rings. The van der Waals surface area contributed by atoms with Crippen LogP contribution in [-0.2, 0) is 8.89 Å². The normalized spacial score (nSPS) is 21.4. The van der Waals surface area contributed by atoms with E-state index < -0.39 is 8.93 Å². The average Bonchev–Trinajstić information content (AvgIpc) is 1.69. The lowest BCUT2D eigenvalue weighted by atomic mass is 10.4. The van der Waals surface area contributed by atoms with Crippen molar-refractivity contribution in [2.75, 3.05) is 6.61 Å². The Kier molecular flexibility index (Phi) is 1.57. The molecule has 0 aromatic rings. The van der Waals surface area contributed by atoms with Crippen LogP contribution in [0.3, 0.4) is 0 Å². The second-order valence-electron chi connectivity index (χ2n) is 1.68. The van der Waals surface area contributed by atoms with Gasteiger partial charge in [0.25, 0.3) is 0 Å². The van der Waals surface area contributed by atoms with Gasteiger partial charge in [0.1, 0.15) is 0 Å². The first-order chi connectivity index (χ1) is 3.39. The van der Waals surface area contributed by atoms with Crippen molar-refractivity contribution < 1.29 is 8.89 Å². The van der Waals surface area contributed by atoms with Gasteiger partial charge in [-0.3, -0.25) is 0 Å². The Morgan fingerprint density at radius 3 is 2.57 bits per heavy atom. The molecule has 40 valence electrons. The SMILES string of the molecule is O=[Si]1CCCCO1. The minimum absolute atomic E-state index is 0.720. The summed E-state index contributed by atoms with van der Waals surface area (Å²) in [7, 11) is -1.54. The third-order valence-electron chi connectivity index (χ3n) is 1.04. The molecule has 1 heterocycles. The first-order valence-electron chi connectivity index (χ1n) is 2.55. The lowest BCUT2D eigenvalue weighted by molar-refractivity contribution is 0.259. The average molecular weight is 116 g/mol. The van der Waals surface area contributed by atoms with E-state index in [0.717, 1.165) is 25.5 Å². The topological polar surface area (TPSA) is 26.3 Å². The first-order valence-corrected chi connectivity index (χ1v) is 4.07. The summed E-state index contributed by atoms with van der Waals surface area (Å²) >= 11 is 0. The fourth-order valence-corrected chi connectivity index (χ4v) is 1.68. The van der Waals surface area contributed by atoms with Crippen molar-refractivity contribution in [2.45, 2.75) is 18.9 Å². The maximum Gasteiger partial charge on any atom is 0.502 e. The highest BCUT2D eigenvalue weighted by atomic mass is 28.3. The van der Waals surface area contributed by atoms with Crippen LogP contribution in [0.25, 0.3) is 0 Å². The van der Waals surface area contributed by atoms with Gasteiger partial charge >= 0.3 is 8.93 Å². The predicted octanol–water partition coefficient (Wildman–Crippen LogP) is 0.716. The fraction of sp³-hybridized carbons (Fsp3) is 1.00. The zero-order valence-corrected chi connectivity index (χ0v) is 5.14. The van der Waals surface area contributed by atoms with Gasteiger partial charge in [-0.15, -0.1) is 0 Å². The molecular formula is C4H8O2Si. The van der Waals surface area contributed by atoms with Crippen molar-refractivity contribution in [3.63, 3.8) is 0 Å². The van der Waals surface area contributed by atoms with E-state index >= 15 is 0 Å². The minimum Gasteiger partial charge on any atom is -0.524 e. The molecule has 0 aliphatic carbocycles. The number of hydrogen-bond donors (Lipinski definition) is 0. The van der Waals surface area contributed by atoms with Gasteiger partial charge in [-0.05, 0) is 12.8 Å². The zero-order valence-electron chi connectivity index (χ0n) is 4.14. The summed E-state index contributed by atoms with van der Waals surface area (Å²) in [6.07, 6.45) is 2.19. The molecule has 0 radical (unpaired) electrons. The van der Waals surface area contributed by atoms with Crippen molar-refractivity contribution in [1.29, 1.82) is 0 Å². The molecule has 3 heteroatoms. The minimum atomic E-state index is -1.54. The third-order valence-corrected chi connectivity index (χ3v) is 2.33. The van der Waals surface area contributed by atoms with Crippen LogP contribution in [0.5, 0.6) is 0 Å². The lowest BCUT2D eigenvalue weighted by Crippen LogP contribution is -2.12. The van der Waals surface area contributed by atoms with Crippen molar-refractivity contribution in [2.24, 2.45) is 0 Å². The Morgan fingerprint density at radius 2 is 2.29 bits per heavy atom. The van der Waals surface area contributed by atoms with E-state index in [4.69, 9.17) is 4.43 Å². The van der Waals surface area contributed by atoms with Crippen molar-refractivity contribution >= 4 is 8.93 Å². The second kappa shape index (κ2) is 2.21. The van der Waals surface area contributed by atoms with E-state index in [1.807, 2.05) is 0 Å². The molecule has 7 heavy (non-hydrogen) atoms. The molecule has 0 aromatic carbocycles. The van der Waals surface area contributed by atoms with E-state index in [2.05, 4.69) is 0 Å². The Labute approximate surface area is 44.3 Å². The largest absolute Gasteiger partial charge is 0.524 e. The first kappa shape index (κ1) is 4.96. The molecule has 0 N–H and O–H groups in total. The van der Waals surface area contributed by atoms with Gasteiger partial charge < -0.3 is 8.89 Å². The van der Waals surface area contributed by atoms with Crippen LogP contribution in [0.1, 0.15) is 12.8 Å². The summed E-state index contributed by atoms with van der Waals surface area (Å²) in [6, 6.07) is 0.810. The van der Waals surface area contributed by atoms with Crippen LogP contribution >= 0.6 is 0 Å². The summed E-state index contributed by atoms with van der Waals surface area (Å²) < 4.78 is 15.3. The maximum absolute atomic E-state index is 10.4. The van der Waals surface area contributed by atoms with Crippen LogP contribution < -0.4 is 0 Å². The summed E-state index contributed by atoms with van der Waals surface area (Å²) in [4.78, 5) is 0. The van der Waals surface area contributed by atoms with Crippen LogP contribution in [0, 0.1) is 0 Å². The maximum atomic E-state index is 10.4. The van der Waals surface area contributed by atoms with Crippen LogP contribution in [0.4, 0.5) is 0 Å². The van der Waals surface area contributed by atoms with Gasteiger partial charge in [0, 0.05) is 6.04 Å². The molecule has 0 unspecified atom stereocenters. The molecule has 0 atom stereocenters. The van der Waals surface area contributed by atoms with Crippen molar-refractivity contribution in [1.82, 2.24) is 0 Å². The van der Waals surface area contributed by atoms with Crippen LogP contribution in [0.2, 0.25) is 6.04 Å². The van der Waals surface area contributed by atoms with Crippen molar-refractivity contribution in [3.05, 3.63) is 0 Å². The van der Waals surface area contributed by atoms with E-state index in [9.17, 15) is 4.46 Å². The Balaban J connectivity index is 2.25. The zero-order chi connectivity index (χ0) is 5.11. The van der Waals surface area contributed by atoms with Crippen molar-refractivity contribution in [3.8, 4) is 0 Å². The third kappa shape index (κ3) is 1.39. The van der Waals surface area contributed by atoms with Gasteiger partial charge in [0.2, 0.25) is 0 Å². The summed E-state index contributed by atoms with van der Waals surface area (Å²) in [6.45, 7) is 0.720.